The molecule has 0 saturated heterocycles. The summed E-state index contributed by atoms with van der Waals surface area (Å²) in [5.41, 5.74) is 6.43. The molecule has 0 heterocycles. The number of rotatable bonds is 3. The molecule has 2 atom stereocenters. The SMILES string of the molecule is COc1cc([C@@H]2C[C@H]2N)cc(NC(=O)OC(C)(C)C)c1O. The molecule has 1 saturated carbocycles. The van der Waals surface area contributed by atoms with Gasteiger partial charge in [0.2, 0.25) is 0 Å². The van der Waals surface area contributed by atoms with Crippen LogP contribution in [0.3, 0.4) is 0 Å². The largest absolute Gasteiger partial charge is 0.503 e. The first-order chi connectivity index (χ1) is 9.71. The fraction of sp³-hybridized carbons (Fsp3) is 0.533. The number of benzene rings is 1. The Bertz CT molecular complexity index is 551. The third kappa shape index (κ3) is 3.78. The topological polar surface area (TPSA) is 93.8 Å². The second-order valence-corrected chi connectivity index (χ2v) is 6.25. The molecule has 0 radical (unpaired) electrons. The van der Waals surface area contributed by atoms with Crippen molar-refractivity contribution in [3.63, 3.8) is 0 Å². The van der Waals surface area contributed by atoms with Crippen molar-refractivity contribution in [2.45, 2.75) is 44.8 Å². The van der Waals surface area contributed by atoms with Gasteiger partial charge < -0.3 is 20.3 Å². The number of methoxy groups -OCH3 is 1. The minimum Gasteiger partial charge on any atom is -0.503 e. The first-order valence-electron chi connectivity index (χ1n) is 6.87. The molecule has 1 aromatic carbocycles. The van der Waals surface area contributed by atoms with Crippen molar-refractivity contribution < 1.29 is 19.4 Å². The van der Waals surface area contributed by atoms with Crippen LogP contribution in [-0.4, -0.2) is 30.0 Å². The van der Waals surface area contributed by atoms with E-state index in [0.29, 0.717) is 5.75 Å². The number of phenolic OH excluding ortho intramolecular Hbond substituents is 1. The Morgan fingerprint density at radius 1 is 1.43 bits per heavy atom. The number of phenols is 1. The third-order valence-corrected chi connectivity index (χ3v) is 3.22. The van der Waals surface area contributed by atoms with Gasteiger partial charge in [-0.3, -0.25) is 5.32 Å². The minimum absolute atomic E-state index is 0.119. The average molecular weight is 294 g/mol. The standard InChI is InChI=1S/C15H22N2O4/c1-15(2,3)21-14(19)17-11-5-8(9-7-10(9)16)6-12(20-4)13(11)18/h5-6,9-10,18H,7,16H2,1-4H3,(H,17,19)/t9-,10+/m0/s1. The van der Waals surface area contributed by atoms with Crippen molar-refractivity contribution in [2.75, 3.05) is 12.4 Å². The summed E-state index contributed by atoms with van der Waals surface area (Å²) in [4.78, 5) is 11.8. The van der Waals surface area contributed by atoms with Gasteiger partial charge in [0, 0.05) is 12.0 Å². The molecule has 0 aromatic heterocycles. The number of amides is 1. The van der Waals surface area contributed by atoms with E-state index in [1.807, 2.05) is 0 Å². The molecular weight excluding hydrogens is 272 g/mol. The van der Waals surface area contributed by atoms with E-state index in [0.717, 1.165) is 12.0 Å². The summed E-state index contributed by atoms with van der Waals surface area (Å²) in [6.07, 6.45) is 0.261. The number of ether oxygens (including phenoxy) is 2. The van der Waals surface area contributed by atoms with Crippen LogP contribution in [0.15, 0.2) is 12.1 Å². The fourth-order valence-electron chi connectivity index (χ4n) is 2.11. The van der Waals surface area contributed by atoms with Gasteiger partial charge in [0.05, 0.1) is 12.8 Å². The number of anilines is 1. The van der Waals surface area contributed by atoms with E-state index in [-0.39, 0.29) is 23.4 Å². The van der Waals surface area contributed by atoms with Gasteiger partial charge in [0.15, 0.2) is 11.5 Å². The predicted molar refractivity (Wildman–Crippen MR) is 79.8 cm³/mol. The molecule has 1 aliphatic rings. The van der Waals surface area contributed by atoms with Gasteiger partial charge in [-0.1, -0.05) is 0 Å². The Morgan fingerprint density at radius 3 is 2.52 bits per heavy atom. The van der Waals surface area contributed by atoms with Crippen LogP contribution in [0.2, 0.25) is 0 Å². The van der Waals surface area contributed by atoms with Gasteiger partial charge in [0.1, 0.15) is 5.60 Å². The lowest BCUT2D eigenvalue weighted by Gasteiger charge is -2.20. The highest BCUT2D eigenvalue weighted by Crippen LogP contribution is 2.45. The number of carbonyl (C=O) groups excluding carboxylic acids is 1. The van der Waals surface area contributed by atoms with E-state index >= 15 is 0 Å². The summed E-state index contributed by atoms with van der Waals surface area (Å²) in [6.45, 7) is 5.31. The zero-order chi connectivity index (χ0) is 15.8. The van der Waals surface area contributed by atoms with E-state index in [4.69, 9.17) is 15.2 Å². The zero-order valence-electron chi connectivity index (χ0n) is 12.8. The van der Waals surface area contributed by atoms with Crippen molar-refractivity contribution in [3.05, 3.63) is 17.7 Å². The molecule has 21 heavy (non-hydrogen) atoms. The fourth-order valence-corrected chi connectivity index (χ4v) is 2.11. The van der Waals surface area contributed by atoms with Crippen LogP contribution in [-0.2, 0) is 4.74 Å². The normalized spacial score (nSPS) is 20.8. The Balaban J connectivity index is 2.23. The summed E-state index contributed by atoms with van der Waals surface area (Å²) in [5.74, 6) is 0.415. The highest BCUT2D eigenvalue weighted by Gasteiger charge is 2.36. The average Bonchev–Trinajstić information content (AvgIpc) is 3.06. The molecule has 0 bridgehead atoms. The highest BCUT2D eigenvalue weighted by atomic mass is 16.6. The van der Waals surface area contributed by atoms with Gasteiger partial charge >= 0.3 is 6.09 Å². The lowest BCUT2D eigenvalue weighted by Crippen LogP contribution is -2.27. The Morgan fingerprint density at radius 2 is 2.05 bits per heavy atom. The van der Waals surface area contributed by atoms with Gasteiger partial charge in [-0.2, -0.15) is 0 Å². The van der Waals surface area contributed by atoms with Gasteiger partial charge in [0.25, 0.3) is 0 Å². The van der Waals surface area contributed by atoms with Crippen LogP contribution in [0.1, 0.15) is 38.7 Å². The molecule has 1 aliphatic carbocycles. The van der Waals surface area contributed by atoms with E-state index in [1.165, 1.54) is 7.11 Å². The van der Waals surface area contributed by atoms with Crippen molar-refractivity contribution in [2.24, 2.45) is 5.73 Å². The molecule has 1 aromatic rings. The van der Waals surface area contributed by atoms with E-state index in [1.54, 1.807) is 32.9 Å². The molecule has 4 N–H and O–H groups in total. The molecule has 0 spiro atoms. The second kappa shape index (κ2) is 5.44. The van der Waals surface area contributed by atoms with Crippen LogP contribution in [0, 0.1) is 0 Å². The van der Waals surface area contributed by atoms with Crippen LogP contribution in [0.4, 0.5) is 10.5 Å². The first-order valence-corrected chi connectivity index (χ1v) is 6.87. The van der Waals surface area contributed by atoms with Crippen LogP contribution >= 0.6 is 0 Å². The first kappa shape index (κ1) is 15.4. The molecule has 6 heteroatoms. The maximum absolute atomic E-state index is 11.8. The van der Waals surface area contributed by atoms with Crippen molar-refractivity contribution in [3.8, 4) is 11.5 Å². The van der Waals surface area contributed by atoms with E-state index in [2.05, 4.69) is 5.32 Å². The number of carbonyl (C=O) groups is 1. The lowest BCUT2D eigenvalue weighted by molar-refractivity contribution is 0.0635. The summed E-state index contributed by atoms with van der Waals surface area (Å²) in [5, 5.41) is 12.6. The van der Waals surface area contributed by atoms with Crippen molar-refractivity contribution in [1.29, 1.82) is 0 Å². The summed E-state index contributed by atoms with van der Waals surface area (Å²) in [7, 11) is 1.46. The Kier molecular flexibility index (Phi) is 4.00. The second-order valence-electron chi connectivity index (χ2n) is 6.25. The zero-order valence-corrected chi connectivity index (χ0v) is 12.8. The number of aromatic hydroxyl groups is 1. The molecule has 0 unspecified atom stereocenters. The molecule has 0 aliphatic heterocycles. The number of nitrogens with one attached hydrogen (secondary N) is 1. The number of hydrogen-bond donors (Lipinski definition) is 3. The Hall–Kier alpha value is -1.95. The summed E-state index contributed by atoms with van der Waals surface area (Å²) < 4.78 is 10.3. The minimum atomic E-state index is -0.628. The van der Waals surface area contributed by atoms with Gasteiger partial charge in [-0.25, -0.2) is 4.79 Å². The molecular formula is C15H22N2O4. The predicted octanol–water partition coefficient (Wildman–Crippen LogP) is 2.56. The Labute approximate surface area is 124 Å². The molecule has 1 fully saturated rings. The van der Waals surface area contributed by atoms with Crippen LogP contribution in [0.25, 0.3) is 0 Å². The molecule has 6 nitrogen and oxygen atoms in total. The van der Waals surface area contributed by atoms with Crippen LogP contribution in [0.5, 0.6) is 11.5 Å². The third-order valence-electron chi connectivity index (χ3n) is 3.22. The smallest absolute Gasteiger partial charge is 0.412 e. The van der Waals surface area contributed by atoms with Crippen molar-refractivity contribution in [1.82, 2.24) is 0 Å². The number of hydrogen-bond acceptors (Lipinski definition) is 5. The lowest BCUT2D eigenvalue weighted by atomic mass is 10.1. The number of nitrogens with two attached hydrogens (primary N) is 1. The van der Waals surface area contributed by atoms with E-state index in [9.17, 15) is 9.90 Å². The quantitative estimate of drug-likeness (QED) is 0.745. The molecule has 2 rings (SSSR count). The van der Waals surface area contributed by atoms with Gasteiger partial charge in [-0.15, -0.1) is 0 Å². The van der Waals surface area contributed by atoms with Gasteiger partial charge in [-0.05, 0) is 44.9 Å². The monoisotopic (exact) mass is 294 g/mol. The van der Waals surface area contributed by atoms with E-state index < -0.39 is 11.7 Å². The summed E-state index contributed by atoms with van der Waals surface area (Å²) in [6, 6.07) is 3.57. The molecule has 1 amide bonds. The maximum atomic E-state index is 11.8. The summed E-state index contributed by atoms with van der Waals surface area (Å²) >= 11 is 0. The van der Waals surface area contributed by atoms with Crippen LogP contribution < -0.4 is 15.8 Å². The highest BCUT2D eigenvalue weighted by molar-refractivity contribution is 5.88. The molecule has 116 valence electrons. The maximum Gasteiger partial charge on any atom is 0.412 e. The van der Waals surface area contributed by atoms with Crippen molar-refractivity contribution >= 4 is 11.8 Å².